The molecular formula is C19H32N2. The highest BCUT2D eigenvalue weighted by Crippen LogP contribution is 2.30. The molecule has 1 aromatic carbocycles. The fourth-order valence-electron chi connectivity index (χ4n) is 3.83. The van der Waals surface area contributed by atoms with Gasteiger partial charge in [0.1, 0.15) is 0 Å². The topological polar surface area (TPSA) is 29.3 Å². The lowest BCUT2D eigenvalue weighted by Crippen LogP contribution is -2.41. The van der Waals surface area contributed by atoms with Gasteiger partial charge in [0.2, 0.25) is 0 Å². The molecule has 2 rings (SSSR count). The minimum Gasteiger partial charge on any atom is -0.326 e. The minimum atomic E-state index is 0.208. The lowest BCUT2D eigenvalue weighted by atomic mass is 9.87. The first kappa shape index (κ1) is 16.5. The van der Waals surface area contributed by atoms with Crippen molar-refractivity contribution >= 4 is 0 Å². The molecule has 2 heteroatoms. The molecule has 1 aliphatic carbocycles. The lowest BCUT2D eigenvalue weighted by molar-refractivity contribution is 0.160. The van der Waals surface area contributed by atoms with Crippen molar-refractivity contribution in [3.8, 4) is 0 Å². The van der Waals surface area contributed by atoms with Crippen LogP contribution in [0.25, 0.3) is 0 Å². The molecule has 1 aromatic rings. The Kier molecular flexibility index (Phi) is 6.25. The predicted octanol–water partition coefficient (Wildman–Crippen LogP) is 4.29. The van der Waals surface area contributed by atoms with Crippen LogP contribution in [0.2, 0.25) is 0 Å². The first-order chi connectivity index (χ1) is 10.1. The van der Waals surface area contributed by atoms with E-state index in [0.29, 0.717) is 6.04 Å². The number of rotatable bonds is 6. The van der Waals surface area contributed by atoms with Crippen molar-refractivity contribution < 1.29 is 0 Å². The van der Waals surface area contributed by atoms with Crippen LogP contribution in [0, 0.1) is 12.8 Å². The molecule has 21 heavy (non-hydrogen) atoms. The molecule has 1 fully saturated rings. The molecule has 0 saturated heterocycles. The van der Waals surface area contributed by atoms with E-state index >= 15 is 0 Å². The van der Waals surface area contributed by atoms with Crippen LogP contribution in [0.3, 0.4) is 0 Å². The Morgan fingerprint density at radius 3 is 2.48 bits per heavy atom. The molecule has 1 aliphatic rings. The minimum absolute atomic E-state index is 0.208. The van der Waals surface area contributed by atoms with E-state index in [2.05, 4.69) is 50.1 Å². The molecule has 0 spiro atoms. The predicted molar refractivity (Wildman–Crippen MR) is 91.4 cm³/mol. The fraction of sp³-hybridized carbons (Fsp3) is 0.684. The monoisotopic (exact) mass is 288 g/mol. The highest BCUT2D eigenvalue weighted by atomic mass is 15.1. The Labute approximate surface area is 130 Å². The smallest absolute Gasteiger partial charge is 0.0498 e. The van der Waals surface area contributed by atoms with Gasteiger partial charge >= 0.3 is 0 Å². The lowest BCUT2D eigenvalue weighted by Gasteiger charge is -2.36. The number of likely N-dealkylation sites (N-methyl/N-ethyl adjacent to an activating group) is 1. The van der Waals surface area contributed by atoms with Crippen LogP contribution in [0.5, 0.6) is 0 Å². The molecule has 0 bridgehead atoms. The van der Waals surface area contributed by atoms with E-state index in [1.807, 2.05) is 0 Å². The summed E-state index contributed by atoms with van der Waals surface area (Å²) in [5.41, 5.74) is 9.25. The SMILES string of the molecule is CCC(N)C(c1ccccc1C)N(C)CC1CCCCC1. The average Bonchev–Trinajstić information content (AvgIpc) is 2.50. The zero-order valence-corrected chi connectivity index (χ0v) is 14.0. The van der Waals surface area contributed by atoms with Gasteiger partial charge in [-0.3, -0.25) is 4.90 Å². The maximum absolute atomic E-state index is 6.48. The summed E-state index contributed by atoms with van der Waals surface area (Å²) in [7, 11) is 2.27. The van der Waals surface area contributed by atoms with E-state index in [1.54, 1.807) is 0 Å². The van der Waals surface area contributed by atoms with Crippen molar-refractivity contribution in [2.45, 2.75) is 64.5 Å². The second-order valence-electron chi connectivity index (χ2n) is 6.82. The number of nitrogens with two attached hydrogens (primary N) is 1. The number of benzene rings is 1. The maximum atomic E-state index is 6.48. The molecule has 1 saturated carbocycles. The standard InChI is InChI=1S/C19H32N2/c1-4-18(20)19(17-13-9-8-10-15(17)2)21(3)14-16-11-6-5-7-12-16/h8-10,13,16,18-19H,4-7,11-12,14,20H2,1-3H3. The molecule has 2 atom stereocenters. The number of hydrogen-bond acceptors (Lipinski definition) is 2. The zero-order valence-electron chi connectivity index (χ0n) is 14.0. The Balaban J connectivity index is 2.13. The summed E-state index contributed by atoms with van der Waals surface area (Å²) in [5.74, 6) is 0.860. The van der Waals surface area contributed by atoms with Crippen molar-refractivity contribution in [2.75, 3.05) is 13.6 Å². The molecule has 0 aromatic heterocycles. The van der Waals surface area contributed by atoms with Crippen LogP contribution >= 0.6 is 0 Å². The van der Waals surface area contributed by atoms with E-state index < -0.39 is 0 Å². The third-order valence-electron chi connectivity index (χ3n) is 5.13. The third-order valence-corrected chi connectivity index (χ3v) is 5.13. The first-order valence-corrected chi connectivity index (χ1v) is 8.64. The van der Waals surface area contributed by atoms with Gasteiger partial charge in [-0.15, -0.1) is 0 Å². The maximum Gasteiger partial charge on any atom is 0.0498 e. The van der Waals surface area contributed by atoms with Gasteiger partial charge in [0.25, 0.3) is 0 Å². The van der Waals surface area contributed by atoms with Gasteiger partial charge in [-0.1, -0.05) is 50.5 Å². The van der Waals surface area contributed by atoms with E-state index in [4.69, 9.17) is 5.73 Å². The van der Waals surface area contributed by atoms with Crippen LogP contribution < -0.4 is 5.73 Å². The number of hydrogen-bond donors (Lipinski definition) is 1. The highest BCUT2D eigenvalue weighted by Gasteiger charge is 2.26. The van der Waals surface area contributed by atoms with Gasteiger partial charge in [-0.25, -0.2) is 0 Å². The van der Waals surface area contributed by atoms with E-state index in [1.165, 1.54) is 49.8 Å². The average molecular weight is 288 g/mol. The van der Waals surface area contributed by atoms with Crippen LogP contribution in [-0.4, -0.2) is 24.5 Å². The second kappa shape index (κ2) is 7.95. The summed E-state index contributed by atoms with van der Waals surface area (Å²) in [6, 6.07) is 9.28. The van der Waals surface area contributed by atoms with E-state index in [0.717, 1.165) is 12.3 Å². The quantitative estimate of drug-likeness (QED) is 0.846. The van der Waals surface area contributed by atoms with Gasteiger partial charge < -0.3 is 5.73 Å². The van der Waals surface area contributed by atoms with Crippen LogP contribution in [0.15, 0.2) is 24.3 Å². The zero-order chi connectivity index (χ0) is 15.2. The summed E-state index contributed by atoms with van der Waals surface area (Å²) in [5, 5.41) is 0. The van der Waals surface area contributed by atoms with Crippen molar-refractivity contribution in [1.29, 1.82) is 0 Å². The Morgan fingerprint density at radius 2 is 1.86 bits per heavy atom. The molecule has 0 heterocycles. The molecule has 2 unspecified atom stereocenters. The summed E-state index contributed by atoms with van der Waals surface area (Å²) < 4.78 is 0. The van der Waals surface area contributed by atoms with E-state index in [-0.39, 0.29) is 6.04 Å². The Bertz CT molecular complexity index is 423. The molecule has 2 nitrogen and oxygen atoms in total. The highest BCUT2D eigenvalue weighted by molar-refractivity contribution is 5.30. The summed E-state index contributed by atoms with van der Waals surface area (Å²) in [4.78, 5) is 2.52. The van der Waals surface area contributed by atoms with Crippen molar-refractivity contribution in [3.05, 3.63) is 35.4 Å². The van der Waals surface area contributed by atoms with Gasteiger partial charge in [-0.2, -0.15) is 0 Å². The van der Waals surface area contributed by atoms with Crippen molar-refractivity contribution in [3.63, 3.8) is 0 Å². The van der Waals surface area contributed by atoms with Crippen LogP contribution in [0.1, 0.15) is 62.6 Å². The van der Waals surface area contributed by atoms with Crippen molar-refractivity contribution in [2.24, 2.45) is 11.7 Å². The Hall–Kier alpha value is -0.860. The molecule has 0 amide bonds. The van der Waals surface area contributed by atoms with Gasteiger partial charge in [0.05, 0.1) is 0 Å². The fourth-order valence-corrected chi connectivity index (χ4v) is 3.83. The summed E-state index contributed by atoms with van der Waals surface area (Å²) in [6.07, 6.45) is 8.06. The van der Waals surface area contributed by atoms with Gasteiger partial charge in [0, 0.05) is 18.6 Å². The molecular weight excluding hydrogens is 256 g/mol. The number of nitrogens with zero attached hydrogens (tertiary/aromatic N) is 1. The second-order valence-corrected chi connectivity index (χ2v) is 6.82. The van der Waals surface area contributed by atoms with Crippen molar-refractivity contribution in [1.82, 2.24) is 4.90 Å². The largest absolute Gasteiger partial charge is 0.326 e. The third kappa shape index (κ3) is 4.31. The van der Waals surface area contributed by atoms with Crippen LogP contribution in [-0.2, 0) is 0 Å². The van der Waals surface area contributed by atoms with Gasteiger partial charge in [-0.05, 0) is 50.3 Å². The molecule has 2 N–H and O–H groups in total. The van der Waals surface area contributed by atoms with E-state index in [9.17, 15) is 0 Å². The molecule has 0 aliphatic heterocycles. The molecule has 0 radical (unpaired) electrons. The normalized spacial score (nSPS) is 19.7. The Morgan fingerprint density at radius 1 is 1.19 bits per heavy atom. The first-order valence-electron chi connectivity index (χ1n) is 8.64. The van der Waals surface area contributed by atoms with Gasteiger partial charge in [0.15, 0.2) is 0 Å². The van der Waals surface area contributed by atoms with Crippen LogP contribution in [0.4, 0.5) is 0 Å². The molecule has 118 valence electrons. The summed E-state index contributed by atoms with van der Waals surface area (Å²) >= 11 is 0. The summed E-state index contributed by atoms with van der Waals surface area (Å²) in [6.45, 7) is 5.59. The number of aryl methyl sites for hydroxylation is 1.